The molecule has 0 radical (unpaired) electrons. The van der Waals surface area contributed by atoms with Gasteiger partial charge in [0.2, 0.25) is 0 Å². The van der Waals surface area contributed by atoms with E-state index in [4.69, 9.17) is 19.9 Å². The topological polar surface area (TPSA) is 69.4 Å². The first kappa shape index (κ1) is 36.3. The van der Waals surface area contributed by atoms with E-state index in [2.05, 4.69) is 179 Å². The van der Waals surface area contributed by atoms with Crippen molar-refractivity contribution in [3.8, 4) is 73.4 Å². The Morgan fingerprint density at radius 1 is 0.302 bits per heavy atom. The number of rotatable bonds is 7. The molecule has 0 saturated heterocycles. The molecule has 6 heteroatoms. The van der Waals surface area contributed by atoms with Gasteiger partial charge in [-0.1, -0.05) is 146 Å². The highest BCUT2D eigenvalue weighted by Crippen LogP contribution is 2.35. The van der Waals surface area contributed by atoms with Gasteiger partial charge in [0.25, 0.3) is 0 Å². The zero-order valence-corrected chi connectivity index (χ0v) is 34.0. The number of pyridine rings is 3. The van der Waals surface area contributed by atoms with E-state index >= 15 is 0 Å². The molecule has 0 saturated carbocycles. The third-order valence-corrected chi connectivity index (χ3v) is 11.9. The Kier molecular flexibility index (Phi) is 8.71. The molecule has 5 aromatic heterocycles. The van der Waals surface area contributed by atoms with Crippen LogP contribution in [0, 0.1) is 0 Å². The maximum Gasteiger partial charge on any atom is 0.160 e. The Labute approximate surface area is 363 Å². The summed E-state index contributed by atoms with van der Waals surface area (Å²) in [6, 6.07) is 73.8. The van der Waals surface area contributed by atoms with Crippen LogP contribution in [0.5, 0.6) is 0 Å². The van der Waals surface area contributed by atoms with Crippen molar-refractivity contribution < 1.29 is 0 Å². The molecule has 0 aliphatic rings. The van der Waals surface area contributed by atoms with Crippen molar-refractivity contribution >= 4 is 43.6 Å². The standard InChI is InChI=1S/C57H36N6/c1-2-10-42(11-3-1)57-61-53(36-54(62-57)41-25-29-45(30-26-41)63-55-15-6-4-12-46(55)47-13-5-7-16-56(47)63)38-19-17-37(18-20-38)48-31-27-39-21-23-43(34-51(39)59-48)44-24-22-40-28-32-50(60-52(40)35-44)49-14-8-9-33-58-49/h1-36H. The molecule has 0 bridgehead atoms. The normalized spacial score (nSPS) is 11.5. The molecule has 0 aliphatic heterocycles. The summed E-state index contributed by atoms with van der Waals surface area (Å²) in [5.74, 6) is 0.682. The number of nitrogens with zero attached hydrogens (tertiary/aromatic N) is 6. The van der Waals surface area contributed by atoms with E-state index in [1.165, 1.54) is 21.8 Å². The van der Waals surface area contributed by atoms with Gasteiger partial charge >= 0.3 is 0 Å². The lowest BCUT2D eigenvalue weighted by Crippen LogP contribution is -1.97. The minimum Gasteiger partial charge on any atom is -0.309 e. The highest BCUT2D eigenvalue weighted by atomic mass is 15.0. The Hall–Kier alpha value is -8.61. The predicted molar refractivity (Wildman–Crippen MR) is 257 cm³/mol. The molecule has 0 atom stereocenters. The monoisotopic (exact) mass is 804 g/mol. The first-order valence-corrected chi connectivity index (χ1v) is 21.1. The summed E-state index contributed by atoms with van der Waals surface area (Å²) in [5, 5.41) is 4.66. The number of aromatic nitrogens is 6. The first-order valence-electron chi connectivity index (χ1n) is 21.1. The van der Waals surface area contributed by atoms with Gasteiger partial charge in [-0.3, -0.25) is 4.98 Å². The maximum absolute atomic E-state index is 5.17. The smallest absolute Gasteiger partial charge is 0.160 e. The average Bonchev–Trinajstić information content (AvgIpc) is 3.70. The summed E-state index contributed by atoms with van der Waals surface area (Å²) >= 11 is 0. The van der Waals surface area contributed by atoms with Crippen molar-refractivity contribution in [1.29, 1.82) is 0 Å². The zero-order chi connectivity index (χ0) is 41.7. The van der Waals surface area contributed by atoms with Crippen LogP contribution in [0.1, 0.15) is 0 Å². The lowest BCUT2D eigenvalue weighted by molar-refractivity contribution is 1.17. The van der Waals surface area contributed by atoms with E-state index in [9.17, 15) is 0 Å². The van der Waals surface area contributed by atoms with Crippen LogP contribution in [-0.2, 0) is 0 Å². The largest absolute Gasteiger partial charge is 0.309 e. The quantitative estimate of drug-likeness (QED) is 0.160. The molecule has 12 rings (SSSR count). The first-order chi connectivity index (χ1) is 31.2. The van der Waals surface area contributed by atoms with Gasteiger partial charge in [0.1, 0.15) is 0 Å². The number of benzene rings is 7. The van der Waals surface area contributed by atoms with Gasteiger partial charge in [0.15, 0.2) is 5.82 Å². The van der Waals surface area contributed by atoms with Crippen LogP contribution >= 0.6 is 0 Å². The minimum absolute atomic E-state index is 0.682. The molecular weight excluding hydrogens is 769 g/mol. The second kappa shape index (κ2) is 15.1. The highest BCUT2D eigenvalue weighted by Gasteiger charge is 2.15. The molecule has 5 heterocycles. The fraction of sp³-hybridized carbons (Fsp3) is 0. The second-order valence-corrected chi connectivity index (χ2v) is 15.7. The lowest BCUT2D eigenvalue weighted by Gasteiger charge is -2.12. The van der Waals surface area contributed by atoms with Crippen molar-refractivity contribution in [2.75, 3.05) is 0 Å². The van der Waals surface area contributed by atoms with Gasteiger partial charge in [0.05, 0.1) is 50.5 Å². The predicted octanol–water partition coefficient (Wildman–Crippen LogP) is 14.1. The van der Waals surface area contributed by atoms with Crippen LogP contribution in [0.4, 0.5) is 0 Å². The molecule has 12 aromatic rings. The van der Waals surface area contributed by atoms with E-state index < -0.39 is 0 Å². The fourth-order valence-electron chi connectivity index (χ4n) is 8.66. The van der Waals surface area contributed by atoms with Crippen molar-refractivity contribution in [3.05, 3.63) is 219 Å². The van der Waals surface area contributed by atoms with Crippen molar-refractivity contribution in [1.82, 2.24) is 29.5 Å². The molecule has 0 aliphatic carbocycles. The van der Waals surface area contributed by atoms with Gasteiger partial charge in [0, 0.05) is 55.7 Å². The highest BCUT2D eigenvalue weighted by molar-refractivity contribution is 6.09. The Bertz CT molecular complexity index is 3600. The van der Waals surface area contributed by atoms with E-state index in [0.29, 0.717) is 5.82 Å². The molecule has 0 fully saturated rings. The van der Waals surface area contributed by atoms with Crippen LogP contribution in [0.3, 0.4) is 0 Å². The summed E-state index contributed by atoms with van der Waals surface area (Å²) < 4.78 is 2.34. The molecule has 7 aromatic carbocycles. The molecule has 0 amide bonds. The molecular formula is C57H36N6. The van der Waals surface area contributed by atoms with Gasteiger partial charge in [-0.15, -0.1) is 0 Å². The number of fused-ring (bicyclic) bond motifs is 5. The summed E-state index contributed by atoms with van der Waals surface area (Å²) in [5.41, 5.74) is 15.9. The zero-order valence-electron chi connectivity index (χ0n) is 34.0. The lowest BCUT2D eigenvalue weighted by atomic mass is 10.0. The third-order valence-electron chi connectivity index (χ3n) is 11.9. The van der Waals surface area contributed by atoms with Crippen LogP contribution in [0.25, 0.3) is 117 Å². The van der Waals surface area contributed by atoms with Crippen molar-refractivity contribution in [2.24, 2.45) is 0 Å². The third kappa shape index (κ3) is 6.67. The molecule has 294 valence electrons. The van der Waals surface area contributed by atoms with Crippen LogP contribution in [0.2, 0.25) is 0 Å². The summed E-state index contributed by atoms with van der Waals surface area (Å²) in [4.78, 5) is 24.8. The molecule has 63 heavy (non-hydrogen) atoms. The van der Waals surface area contributed by atoms with E-state index in [1.807, 2.05) is 42.5 Å². The van der Waals surface area contributed by atoms with Crippen LogP contribution in [-0.4, -0.2) is 29.5 Å². The van der Waals surface area contributed by atoms with Crippen molar-refractivity contribution in [2.45, 2.75) is 0 Å². The van der Waals surface area contributed by atoms with Gasteiger partial charge in [-0.25, -0.2) is 19.9 Å². The Morgan fingerprint density at radius 3 is 1.40 bits per heavy atom. The molecule has 0 N–H and O–H groups in total. The van der Waals surface area contributed by atoms with Crippen LogP contribution in [0.15, 0.2) is 219 Å². The maximum atomic E-state index is 5.17. The van der Waals surface area contributed by atoms with Gasteiger partial charge in [-0.2, -0.15) is 0 Å². The minimum atomic E-state index is 0.682. The van der Waals surface area contributed by atoms with E-state index in [1.54, 1.807) is 6.20 Å². The Balaban J connectivity index is 0.866. The SMILES string of the molecule is c1ccc(-c2nc(-c3ccc(-c4ccc5ccc(-c6ccc7ccc(-c8ccccn8)nc7c6)cc5n4)cc3)cc(-c3ccc(-n4c5ccccc5c5ccccc54)cc3)n2)cc1. The number of para-hydroxylation sites is 2. The number of hydrogen-bond donors (Lipinski definition) is 0. The molecule has 6 nitrogen and oxygen atoms in total. The van der Waals surface area contributed by atoms with Gasteiger partial charge < -0.3 is 4.57 Å². The Morgan fingerprint density at radius 2 is 0.794 bits per heavy atom. The van der Waals surface area contributed by atoms with Gasteiger partial charge in [-0.05, 0) is 77.9 Å². The molecule has 0 unspecified atom stereocenters. The fourth-order valence-corrected chi connectivity index (χ4v) is 8.66. The van der Waals surface area contributed by atoms with E-state index in [0.717, 1.165) is 89.3 Å². The number of hydrogen-bond acceptors (Lipinski definition) is 5. The van der Waals surface area contributed by atoms with E-state index in [-0.39, 0.29) is 0 Å². The van der Waals surface area contributed by atoms with Crippen molar-refractivity contribution in [3.63, 3.8) is 0 Å². The average molecular weight is 805 g/mol. The van der Waals surface area contributed by atoms with Crippen LogP contribution < -0.4 is 0 Å². The molecule has 0 spiro atoms. The summed E-state index contributed by atoms with van der Waals surface area (Å²) in [7, 11) is 0. The summed E-state index contributed by atoms with van der Waals surface area (Å²) in [6.07, 6.45) is 1.80. The second-order valence-electron chi connectivity index (χ2n) is 15.7. The summed E-state index contributed by atoms with van der Waals surface area (Å²) in [6.45, 7) is 0.